The number of nitrogen functional groups attached to an aromatic ring is 1. The summed E-state index contributed by atoms with van der Waals surface area (Å²) in [5, 5.41) is 68.4. The number of hydrogen-bond acceptors (Lipinski definition) is 11. The topological polar surface area (TPSA) is 198 Å². The Kier molecular flexibility index (Phi) is 14.4. The lowest BCUT2D eigenvalue weighted by atomic mass is 9.28. The molecule has 9 aliphatic carbocycles. The number of fused-ring (bicyclic) bond motifs is 2. The van der Waals surface area contributed by atoms with Crippen LogP contribution >= 0.6 is 0 Å². The Morgan fingerprint density at radius 2 is 1.66 bits per heavy atom. The number of carbonyl (C=O) groups is 2. The van der Waals surface area contributed by atoms with Crippen LogP contribution in [0.2, 0.25) is 0 Å². The number of rotatable bonds is 11. The van der Waals surface area contributed by atoms with Gasteiger partial charge in [-0.25, -0.2) is 0 Å². The molecular weight excluding hydrogens is 999 g/mol. The lowest BCUT2D eigenvalue weighted by Crippen LogP contribution is -2.76. The third-order valence-corrected chi connectivity index (χ3v) is 26.4. The summed E-state index contributed by atoms with van der Waals surface area (Å²) in [6.07, 6.45) is 20.3. The number of epoxide rings is 1. The molecule has 2 spiro atoms. The van der Waals surface area contributed by atoms with Crippen LogP contribution in [0.5, 0.6) is 5.75 Å². The molecular formula is C69H99N3O8. The van der Waals surface area contributed by atoms with Crippen LogP contribution in [0, 0.1) is 74.9 Å². The monoisotopic (exact) mass is 1100 g/mol. The molecule has 80 heavy (non-hydrogen) atoms. The average molecular weight is 1100 g/mol. The molecule has 11 nitrogen and oxygen atoms in total. The Morgan fingerprint density at radius 3 is 2.44 bits per heavy atom. The number of allylic oxidation sites excluding steroid dienone is 2. The number of carbonyl (C=O) groups excluding carboxylic acids is 2. The molecule has 7 bridgehead atoms. The van der Waals surface area contributed by atoms with Gasteiger partial charge in [0.15, 0.2) is 5.78 Å². The normalized spacial score (nSPS) is 45.9. The Bertz CT molecular complexity index is 2740. The molecule has 9 N–H and O–H groups in total. The molecule has 2 heterocycles. The van der Waals surface area contributed by atoms with E-state index < -0.39 is 39.0 Å². The van der Waals surface area contributed by atoms with E-state index in [2.05, 4.69) is 48.7 Å². The average Bonchev–Trinajstić information content (AvgIpc) is 2.34. The number of aliphatic hydroxyl groups is 4. The molecule has 438 valence electrons. The van der Waals surface area contributed by atoms with E-state index in [-0.39, 0.29) is 89.7 Å². The van der Waals surface area contributed by atoms with Gasteiger partial charge in [-0.15, -0.1) is 0 Å². The van der Waals surface area contributed by atoms with Crippen LogP contribution in [0.1, 0.15) is 204 Å². The van der Waals surface area contributed by atoms with Crippen molar-refractivity contribution in [2.24, 2.45) is 74.9 Å². The lowest BCUT2D eigenvalue weighted by molar-refractivity contribution is -0.253. The SMILES string of the molecule is CNCc1cc(O)cc(C23CCCC45CC(=O)C6=C4CCC4C(C7CCCC7)(C2)C2C(CC45C(CO)CCC4CCC(CO)CC4C6CC(O)C4OC4(C)C4CCCC4c4cccc(N)c4)NCC(C)(O)CCCCC2(C)C3=O)c1. The van der Waals surface area contributed by atoms with Crippen molar-refractivity contribution in [2.75, 3.05) is 32.5 Å². The van der Waals surface area contributed by atoms with Crippen LogP contribution in [0.15, 0.2) is 53.6 Å². The number of benzene rings is 2. The standard InChI is InChI=1S/C69H99N3O8/c1-63(79)24-7-8-25-64(2)60-55(72-40-63)34-69-46(38-74)21-20-43-19-18-41(37-73)30-51(43)52(33-56(76)61-65(3,80-61)53-17-10-16-50(53)44-12-9-15-48(70)31-44)59-54-22-23-58(69)68(60,45-13-5-6-14-45)39-66(62(64)78,26-11-27-67(54,69)35-57(59)77)47-28-42(36-71-4)29-49(75)32-47/h9,12,15,28-29,31-32,41,43,45-46,50-53,55-56,58,60-61,71-76,79H,5-8,10-11,13-14,16-27,30,33-40,70H2,1-4H3. The predicted octanol–water partition coefficient (Wildman–Crippen LogP) is 10.8. The summed E-state index contributed by atoms with van der Waals surface area (Å²) in [7, 11) is 1.94. The second-order valence-electron chi connectivity index (χ2n) is 30.1. The number of nitrogens with one attached hydrogen (secondary N) is 2. The molecule has 11 heteroatoms. The molecule has 19 unspecified atom stereocenters. The Balaban J connectivity index is 1.01. The van der Waals surface area contributed by atoms with Crippen molar-refractivity contribution in [3.05, 3.63) is 70.3 Å². The Labute approximate surface area is 477 Å². The first-order valence-corrected chi connectivity index (χ1v) is 32.6. The fourth-order valence-corrected chi connectivity index (χ4v) is 23.7. The largest absolute Gasteiger partial charge is 0.508 e. The van der Waals surface area contributed by atoms with E-state index in [0.29, 0.717) is 62.8 Å². The molecule has 0 aromatic heterocycles. The number of anilines is 1. The number of ether oxygens (including phenoxy) is 1. The minimum absolute atomic E-state index is 0.0167. The van der Waals surface area contributed by atoms with Crippen LogP contribution in [-0.2, 0) is 26.3 Å². The molecule has 13 rings (SSSR count). The van der Waals surface area contributed by atoms with Gasteiger partial charge in [-0.1, -0.05) is 69.2 Å². The number of phenols is 1. The highest BCUT2D eigenvalue weighted by Crippen LogP contribution is 2.82. The van der Waals surface area contributed by atoms with E-state index in [1.54, 1.807) is 0 Å². The van der Waals surface area contributed by atoms with Crippen LogP contribution in [0.25, 0.3) is 0 Å². The van der Waals surface area contributed by atoms with Crippen LogP contribution < -0.4 is 16.4 Å². The number of hydrogen-bond donors (Lipinski definition) is 8. The van der Waals surface area contributed by atoms with Gasteiger partial charge in [0.2, 0.25) is 0 Å². The maximum Gasteiger partial charge on any atom is 0.160 e. The molecule has 11 aliphatic rings. The van der Waals surface area contributed by atoms with Crippen LogP contribution in [0.3, 0.4) is 0 Å². The van der Waals surface area contributed by atoms with Gasteiger partial charge in [-0.05, 0) is 253 Å². The van der Waals surface area contributed by atoms with Crippen LogP contribution in [0.4, 0.5) is 5.69 Å². The smallest absolute Gasteiger partial charge is 0.160 e. The van der Waals surface area contributed by atoms with Crippen LogP contribution in [-0.4, -0.2) is 93.4 Å². The first-order valence-electron chi connectivity index (χ1n) is 32.6. The van der Waals surface area contributed by atoms with Crippen molar-refractivity contribution >= 4 is 17.3 Å². The second kappa shape index (κ2) is 20.5. The summed E-state index contributed by atoms with van der Waals surface area (Å²) < 4.78 is 6.87. The first kappa shape index (κ1) is 56.0. The third-order valence-electron chi connectivity index (χ3n) is 26.4. The zero-order valence-electron chi connectivity index (χ0n) is 49.1. The lowest BCUT2D eigenvalue weighted by Gasteiger charge is -2.76. The van der Waals surface area contributed by atoms with Gasteiger partial charge in [0.25, 0.3) is 0 Å². The summed E-state index contributed by atoms with van der Waals surface area (Å²) in [4.78, 5) is 33.5. The second-order valence-corrected chi connectivity index (χ2v) is 30.1. The van der Waals surface area contributed by atoms with E-state index in [1.807, 2.05) is 32.2 Å². The number of aliphatic hydroxyl groups excluding tert-OH is 3. The number of phenolic OH excluding ortho intramolecular Hbond substituents is 1. The fourth-order valence-electron chi connectivity index (χ4n) is 23.7. The highest BCUT2D eigenvalue weighted by Gasteiger charge is 2.80. The van der Waals surface area contributed by atoms with E-state index in [0.717, 1.165) is 151 Å². The van der Waals surface area contributed by atoms with E-state index in [4.69, 9.17) is 10.5 Å². The minimum atomic E-state index is -0.940. The number of ketones is 2. The zero-order chi connectivity index (χ0) is 55.8. The maximum atomic E-state index is 17.0. The number of β-amino-alcohol motifs (C(OH)–C–C–N with tert-alkyl or cyclic N) is 1. The van der Waals surface area contributed by atoms with Crippen molar-refractivity contribution in [3.8, 4) is 5.75 Å². The number of nitrogens with two attached hydrogens (primary N) is 1. The fraction of sp³-hybridized carbons (Fsp3) is 0.768. The maximum absolute atomic E-state index is 17.0. The summed E-state index contributed by atoms with van der Waals surface area (Å²) >= 11 is 0. The van der Waals surface area contributed by atoms with Gasteiger partial charge < -0.3 is 46.6 Å². The van der Waals surface area contributed by atoms with E-state index >= 15 is 9.59 Å². The van der Waals surface area contributed by atoms with Crippen molar-refractivity contribution in [3.63, 3.8) is 0 Å². The molecule has 0 amide bonds. The molecule has 2 aliphatic heterocycles. The van der Waals surface area contributed by atoms with Gasteiger partial charge >= 0.3 is 0 Å². The molecule has 7 saturated carbocycles. The number of Topliss-reactive ketones (excluding diaryl/α,β-unsaturated/α-hetero) is 2. The quantitative estimate of drug-likeness (QED) is 0.0787. The number of aromatic hydroxyl groups is 1. The van der Waals surface area contributed by atoms with Crippen molar-refractivity contribution < 1.29 is 39.9 Å². The Morgan fingerprint density at radius 1 is 0.863 bits per heavy atom. The van der Waals surface area contributed by atoms with Crippen molar-refractivity contribution in [2.45, 2.75) is 229 Å². The summed E-state index contributed by atoms with van der Waals surface area (Å²) in [6.45, 7) is 7.74. The van der Waals surface area contributed by atoms with E-state index in [1.165, 1.54) is 11.1 Å². The highest BCUT2D eigenvalue weighted by atomic mass is 16.6. The van der Waals surface area contributed by atoms with Crippen molar-refractivity contribution in [1.29, 1.82) is 0 Å². The van der Waals surface area contributed by atoms with Gasteiger partial charge in [-0.2, -0.15) is 0 Å². The minimum Gasteiger partial charge on any atom is -0.508 e. The highest BCUT2D eigenvalue weighted by molar-refractivity contribution is 6.01. The predicted molar refractivity (Wildman–Crippen MR) is 311 cm³/mol. The summed E-state index contributed by atoms with van der Waals surface area (Å²) in [6, 6.07) is 14.2. The molecule has 0 radical (unpaired) electrons. The molecule has 2 aromatic rings. The van der Waals surface area contributed by atoms with Gasteiger partial charge in [0.1, 0.15) is 17.6 Å². The first-order chi connectivity index (χ1) is 38.4. The molecule has 2 aromatic carbocycles. The summed E-state index contributed by atoms with van der Waals surface area (Å²) in [5.41, 5.74) is 8.15. The Hall–Kier alpha value is -3.16. The molecule has 2 saturated heterocycles. The van der Waals surface area contributed by atoms with Gasteiger partial charge in [0, 0.05) is 55.3 Å². The third kappa shape index (κ3) is 8.37. The zero-order valence-corrected chi connectivity index (χ0v) is 49.1. The molecule has 19 atom stereocenters. The molecule has 9 fully saturated rings. The summed E-state index contributed by atoms with van der Waals surface area (Å²) in [5.74, 6) is 1.95. The van der Waals surface area contributed by atoms with Gasteiger partial charge in [-0.3, -0.25) is 9.59 Å². The van der Waals surface area contributed by atoms with Crippen molar-refractivity contribution in [1.82, 2.24) is 10.6 Å². The van der Waals surface area contributed by atoms with E-state index in [9.17, 15) is 25.5 Å². The van der Waals surface area contributed by atoms with Gasteiger partial charge in [0.05, 0.1) is 22.7 Å².